The van der Waals surface area contributed by atoms with Crippen molar-refractivity contribution in [2.75, 3.05) is 26.9 Å². The molecule has 1 fully saturated rings. The quantitative estimate of drug-likeness (QED) is 0.156. The van der Waals surface area contributed by atoms with Crippen LogP contribution in [0.4, 0.5) is 0 Å². The first-order valence-electron chi connectivity index (χ1n) is 12.4. The Hall–Kier alpha value is -4.10. The number of rotatable bonds is 11. The molecule has 1 saturated heterocycles. The first-order chi connectivity index (χ1) is 18.0. The van der Waals surface area contributed by atoms with Gasteiger partial charge in [-0.25, -0.2) is 0 Å². The highest BCUT2D eigenvalue weighted by atomic mass is 16.5. The Morgan fingerprint density at radius 2 is 1.62 bits per heavy atom. The first-order valence-corrected chi connectivity index (χ1v) is 12.4. The fourth-order valence-corrected chi connectivity index (χ4v) is 4.29. The van der Waals surface area contributed by atoms with E-state index in [0.29, 0.717) is 54.6 Å². The summed E-state index contributed by atoms with van der Waals surface area (Å²) in [5.74, 6) is 0.290. The lowest BCUT2D eigenvalue weighted by molar-refractivity contribution is -0.140. The highest BCUT2D eigenvalue weighted by Gasteiger charge is 2.45. The maximum absolute atomic E-state index is 13.2. The van der Waals surface area contributed by atoms with Crippen molar-refractivity contribution in [3.05, 3.63) is 95.6 Å². The number of aliphatic hydroxyl groups is 1. The Kier molecular flexibility index (Phi) is 8.59. The van der Waals surface area contributed by atoms with E-state index in [1.165, 1.54) is 4.90 Å². The minimum Gasteiger partial charge on any atom is -0.507 e. The number of nitrogens with zero attached hydrogens (tertiary/aromatic N) is 1. The second-order valence-corrected chi connectivity index (χ2v) is 8.70. The Morgan fingerprint density at radius 3 is 2.32 bits per heavy atom. The van der Waals surface area contributed by atoms with E-state index in [2.05, 4.69) is 0 Å². The van der Waals surface area contributed by atoms with Crippen molar-refractivity contribution in [2.45, 2.75) is 25.8 Å². The molecule has 1 aliphatic rings. The van der Waals surface area contributed by atoms with E-state index in [1.807, 2.05) is 55.5 Å². The molecule has 0 saturated carbocycles. The third kappa shape index (κ3) is 6.01. The summed E-state index contributed by atoms with van der Waals surface area (Å²) in [6.07, 6.45) is 1.42. The number of Topliss-reactive ketones (excluding diaryl/α,β-unsaturated/α-hetero) is 1. The van der Waals surface area contributed by atoms with Crippen LogP contribution in [0.2, 0.25) is 0 Å². The molecule has 3 aromatic rings. The molecule has 0 aliphatic carbocycles. The smallest absolute Gasteiger partial charge is 0.295 e. The van der Waals surface area contributed by atoms with Crippen LogP contribution in [0.5, 0.6) is 17.2 Å². The Balaban J connectivity index is 1.73. The summed E-state index contributed by atoms with van der Waals surface area (Å²) >= 11 is 0. The number of amides is 1. The van der Waals surface area contributed by atoms with Crippen LogP contribution in [0, 0.1) is 0 Å². The third-order valence-electron chi connectivity index (χ3n) is 6.04. The molecule has 1 heterocycles. The van der Waals surface area contributed by atoms with Gasteiger partial charge < -0.3 is 24.2 Å². The van der Waals surface area contributed by atoms with Crippen LogP contribution in [0.25, 0.3) is 5.76 Å². The molecular formula is C30H31NO6. The molecule has 1 unspecified atom stereocenters. The molecule has 7 heteroatoms. The number of likely N-dealkylation sites (tertiary alicyclic amines) is 1. The van der Waals surface area contributed by atoms with Crippen molar-refractivity contribution in [1.82, 2.24) is 4.90 Å². The molecule has 0 radical (unpaired) electrons. The lowest BCUT2D eigenvalue weighted by Crippen LogP contribution is -2.31. The van der Waals surface area contributed by atoms with Gasteiger partial charge in [0.1, 0.15) is 23.0 Å². The Bertz CT molecular complexity index is 1250. The fourth-order valence-electron chi connectivity index (χ4n) is 4.29. The molecular weight excluding hydrogens is 470 g/mol. The Morgan fingerprint density at radius 1 is 0.892 bits per heavy atom. The number of para-hydroxylation sites is 1. The van der Waals surface area contributed by atoms with Gasteiger partial charge in [0.15, 0.2) is 0 Å². The van der Waals surface area contributed by atoms with Crippen molar-refractivity contribution >= 4 is 17.4 Å². The normalized spacial score (nSPS) is 16.7. The van der Waals surface area contributed by atoms with E-state index >= 15 is 0 Å². The van der Waals surface area contributed by atoms with Gasteiger partial charge in [-0.3, -0.25) is 9.59 Å². The zero-order chi connectivity index (χ0) is 26.2. The number of carbonyl (C=O) groups is 2. The lowest BCUT2D eigenvalue weighted by atomic mass is 9.95. The van der Waals surface area contributed by atoms with Gasteiger partial charge in [-0.2, -0.15) is 0 Å². The van der Waals surface area contributed by atoms with E-state index < -0.39 is 17.7 Å². The van der Waals surface area contributed by atoms with Crippen molar-refractivity contribution < 1.29 is 28.9 Å². The minimum atomic E-state index is -0.771. The summed E-state index contributed by atoms with van der Waals surface area (Å²) in [6.45, 7) is 3.34. The second kappa shape index (κ2) is 12.2. The van der Waals surface area contributed by atoms with E-state index in [1.54, 1.807) is 37.4 Å². The van der Waals surface area contributed by atoms with Crippen LogP contribution in [0.1, 0.15) is 36.9 Å². The van der Waals surface area contributed by atoms with Crippen LogP contribution in [0.3, 0.4) is 0 Å². The highest BCUT2D eigenvalue weighted by Crippen LogP contribution is 2.40. The standard InChI is InChI=1S/C30H31NO6/c1-3-18-36-23-15-13-21(14-16-23)28(32)26-27(31(17-8-19-35-2)30(34)29(26)33)22-9-7-12-25(20-22)37-24-10-5-4-6-11-24/h4-7,9-16,20,27,32H,3,8,17-19H2,1-2H3/b28-26+. The number of benzene rings is 3. The highest BCUT2D eigenvalue weighted by molar-refractivity contribution is 6.46. The molecule has 1 aliphatic heterocycles. The van der Waals surface area contributed by atoms with Gasteiger partial charge >= 0.3 is 0 Å². The average Bonchev–Trinajstić information content (AvgIpc) is 3.18. The summed E-state index contributed by atoms with van der Waals surface area (Å²) in [5, 5.41) is 11.3. The minimum absolute atomic E-state index is 0.0431. The number of ketones is 1. The van der Waals surface area contributed by atoms with Gasteiger partial charge in [0.2, 0.25) is 0 Å². The number of hydrogen-bond acceptors (Lipinski definition) is 6. The van der Waals surface area contributed by atoms with Gasteiger partial charge in [-0.05, 0) is 66.9 Å². The largest absolute Gasteiger partial charge is 0.507 e. The maximum Gasteiger partial charge on any atom is 0.295 e. The Labute approximate surface area is 216 Å². The number of carbonyl (C=O) groups excluding carboxylic acids is 2. The van der Waals surface area contributed by atoms with Crippen molar-refractivity contribution in [3.8, 4) is 17.2 Å². The molecule has 37 heavy (non-hydrogen) atoms. The molecule has 4 rings (SSSR count). The zero-order valence-electron chi connectivity index (χ0n) is 21.1. The molecule has 1 N–H and O–H groups in total. The summed E-state index contributed by atoms with van der Waals surface area (Å²) in [5.41, 5.74) is 1.14. The SMILES string of the molecule is CCCOc1ccc(/C(O)=C2\C(=O)C(=O)N(CCCOC)C2c2cccc(Oc3ccccc3)c2)cc1. The number of hydrogen-bond donors (Lipinski definition) is 1. The predicted molar refractivity (Wildman–Crippen MR) is 141 cm³/mol. The van der Waals surface area contributed by atoms with Crippen LogP contribution in [-0.4, -0.2) is 48.6 Å². The molecule has 1 atom stereocenters. The molecule has 0 aromatic heterocycles. The molecule has 0 bridgehead atoms. The number of aliphatic hydroxyl groups excluding tert-OH is 1. The molecule has 0 spiro atoms. The summed E-state index contributed by atoms with van der Waals surface area (Å²) in [7, 11) is 1.59. The summed E-state index contributed by atoms with van der Waals surface area (Å²) < 4.78 is 16.8. The number of methoxy groups -OCH3 is 1. The zero-order valence-corrected chi connectivity index (χ0v) is 21.1. The maximum atomic E-state index is 13.2. The summed E-state index contributed by atoms with van der Waals surface area (Å²) in [6, 6.07) is 22.7. The van der Waals surface area contributed by atoms with Crippen LogP contribution in [-0.2, 0) is 14.3 Å². The second-order valence-electron chi connectivity index (χ2n) is 8.70. The molecule has 3 aromatic carbocycles. The molecule has 7 nitrogen and oxygen atoms in total. The third-order valence-corrected chi connectivity index (χ3v) is 6.04. The van der Waals surface area contributed by atoms with E-state index in [0.717, 1.165) is 6.42 Å². The van der Waals surface area contributed by atoms with Gasteiger partial charge in [0.05, 0.1) is 18.2 Å². The van der Waals surface area contributed by atoms with Crippen molar-refractivity contribution in [3.63, 3.8) is 0 Å². The van der Waals surface area contributed by atoms with Gasteiger partial charge in [-0.1, -0.05) is 37.3 Å². The van der Waals surface area contributed by atoms with E-state index in [-0.39, 0.29) is 11.3 Å². The van der Waals surface area contributed by atoms with Crippen LogP contribution in [0.15, 0.2) is 84.4 Å². The van der Waals surface area contributed by atoms with Crippen molar-refractivity contribution in [1.29, 1.82) is 0 Å². The first kappa shape index (κ1) is 26.0. The molecule has 192 valence electrons. The van der Waals surface area contributed by atoms with Gasteiger partial charge in [0.25, 0.3) is 11.7 Å². The van der Waals surface area contributed by atoms with E-state index in [9.17, 15) is 14.7 Å². The average molecular weight is 502 g/mol. The summed E-state index contributed by atoms with van der Waals surface area (Å²) in [4.78, 5) is 27.8. The van der Waals surface area contributed by atoms with Gasteiger partial charge in [-0.15, -0.1) is 0 Å². The van der Waals surface area contributed by atoms with E-state index in [4.69, 9.17) is 14.2 Å². The molecule has 1 amide bonds. The number of ether oxygens (including phenoxy) is 3. The monoisotopic (exact) mass is 501 g/mol. The van der Waals surface area contributed by atoms with Crippen LogP contribution < -0.4 is 9.47 Å². The predicted octanol–water partition coefficient (Wildman–Crippen LogP) is 5.73. The fraction of sp³-hybridized carbons (Fsp3) is 0.267. The van der Waals surface area contributed by atoms with Crippen molar-refractivity contribution in [2.24, 2.45) is 0 Å². The topological polar surface area (TPSA) is 85.3 Å². The van der Waals surface area contributed by atoms with Gasteiger partial charge in [0, 0.05) is 25.8 Å². The van der Waals surface area contributed by atoms with Crippen LogP contribution >= 0.6 is 0 Å². The lowest BCUT2D eigenvalue weighted by Gasteiger charge is -2.25.